The van der Waals surface area contributed by atoms with Crippen LogP contribution < -0.4 is 5.32 Å². The van der Waals surface area contributed by atoms with Crippen LogP contribution in [0.4, 0.5) is 0 Å². The van der Waals surface area contributed by atoms with Crippen molar-refractivity contribution in [2.45, 2.75) is 38.8 Å². The maximum Gasteiger partial charge on any atom is 0.0594 e. The Bertz CT molecular complexity index is 235. The van der Waals surface area contributed by atoms with Gasteiger partial charge in [0.2, 0.25) is 0 Å². The van der Waals surface area contributed by atoms with Crippen molar-refractivity contribution in [1.29, 1.82) is 0 Å². The molecule has 1 rings (SSSR count). The van der Waals surface area contributed by atoms with Crippen molar-refractivity contribution in [2.75, 3.05) is 53.5 Å². The van der Waals surface area contributed by atoms with Gasteiger partial charge in [0.1, 0.15) is 0 Å². The van der Waals surface area contributed by atoms with E-state index in [0.717, 1.165) is 39.4 Å². The SMILES string of the molecule is CCC1(C)CN(CCOCCN(C)C)C(C)CN1. The first-order valence-corrected chi connectivity index (χ1v) is 7.18. The van der Waals surface area contributed by atoms with Crippen molar-refractivity contribution in [3.63, 3.8) is 0 Å². The molecule has 18 heavy (non-hydrogen) atoms. The van der Waals surface area contributed by atoms with Crippen molar-refractivity contribution in [2.24, 2.45) is 0 Å². The standard InChI is InChI=1S/C14H31N3O/c1-6-14(3)12-17(13(2)11-15-14)8-10-18-9-7-16(4)5/h13,15H,6-12H2,1-5H3. The lowest BCUT2D eigenvalue weighted by atomic mass is 9.94. The van der Waals surface area contributed by atoms with Gasteiger partial charge in [-0.3, -0.25) is 4.90 Å². The van der Waals surface area contributed by atoms with Crippen molar-refractivity contribution < 1.29 is 4.74 Å². The second kappa shape index (κ2) is 7.43. The Labute approximate surface area is 113 Å². The molecule has 2 atom stereocenters. The molecule has 1 fully saturated rings. The van der Waals surface area contributed by atoms with Gasteiger partial charge in [-0.15, -0.1) is 0 Å². The minimum Gasteiger partial charge on any atom is -0.379 e. The minimum atomic E-state index is 0.274. The Kier molecular flexibility index (Phi) is 6.57. The molecule has 0 aromatic carbocycles. The molecule has 1 aliphatic rings. The summed E-state index contributed by atoms with van der Waals surface area (Å²) < 4.78 is 5.69. The highest BCUT2D eigenvalue weighted by atomic mass is 16.5. The molecule has 0 aromatic rings. The summed E-state index contributed by atoms with van der Waals surface area (Å²) in [5, 5.41) is 3.65. The smallest absolute Gasteiger partial charge is 0.0594 e. The first-order chi connectivity index (χ1) is 8.47. The van der Waals surface area contributed by atoms with Gasteiger partial charge >= 0.3 is 0 Å². The fourth-order valence-electron chi connectivity index (χ4n) is 2.25. The summed E-state index contributed by atoms with van der Waals surface area (Å²) >= 11 is 0. The summed E-state index contributed by atoms with van der Waals surface area (Å²) in [5.74, 6) is 0. The molecule has 4 heteroatoms. The molecule has 0 bridgehead atoms. The largest absolute Gasteiger partial charge is 0.379 e. The van der Waals surface area contributed by atoms with Crippen LogP contribution in [0.3, 0.4) is 0 Å². The molecule has 4 nitrogen and oxygen atoms in total. The third kappa shape index (κ3) is 5.22. The van der Waals surface area contributed by atoms with E-state index in [9.17, 15) is 0 Å². The van der Waals surface area contributed by atoms with Gasteiger partial charge < -0.3 is 15.0 Å². The molecule has 1 N–H and O–H groups in total. The zero-order valence-corrected chi connectivity index (χ0v) is 12.8. The van der Waals surface area contributed by atoms with Crippen molar-refractivity contribution >= 4 is 0 Å². The van der Waals surface area contributed by atoms with E-state index in [-0.39, 0.29) is 5.54 Å². The second-order valence-corrected chi connectivity index (χ2v) is 6.03. The predicted molar refractivity (Wildman–Crippen MR) is 77.1 cm³/mol. The van der Waals surface area contributed by atoms with Crippen LogP contribution in [-0.2, 0) is 4.74 Å². The fraction of sp³-hybridized carbons (Fsp3) is 1.00. The monoisotopic (exact) mass is 257 g/mol. The summed E-state index contributed by atoms with van der Waals surface area (Å²) in [6.45, 7) is 12.8. The Morgan fingerprint density at radius 2 is 2.11 bits per heavy atom. The number of rotatable bonds is 7. The molecular formula is C14H31N3O. The number of nitrogens with one attached hydrogen (secondary N) is 1. The lowest BCUT2D eigenvalue weighted by Gasteiger charge is -2.45. The first-order valence-electron chi connectivity index (χ1n) is 7.18. The molecule has 0 spiro atoms. The zero-order valence-electron chi connectivity index (χ0n) is 12.8. The normalized spacial score (nSPS) is 30.0. The maximum atomic E-state index is 5.69. The van der Waals surface area contributed by atoms with Crippen LogP contribution in [-0.4, -0.2) is 74.9 Å². The van der Waals surface area contributed by atoms with Crippen molar-refractivity contribution in [1.82, 2.24) is 15.1 Å². The summed E-state index contributed by atoms with van der Waals surface area (Å²) in [6, 6.07) is 0.613. The highest BCUT2D eigenvalue weighted by molar-refractivity contribution is 4.92. The topological polar surface area (TPSA) is 27.7 Å². The van der Waals surface area contributed by atoms with E-state index in [1.165, 1.54) is 6.42 Å². The van der Waals surface area contributed by atoms with Gasteiger partial charge in [0.25, 0.3) is 0 Å². The number of hydrogen-bond acceptors (Lipinski definition) is 4. The first kappa shape index (κ1) is 15.9. The van der Waals surface area contributed by atoms with Gasteiger partial charge in [0.15, 0.2) is 0 Å². The van der Waals surface area contributed by atoms with Crippen LogP contribution in [0.25, 0.3) is 0 Å². The maximum absolute atomic E-state index is 5.69. The number of piperazine rings is 1. The van der Waals surface area contributed by atoms with Crippen LogP contribution in [0.15, 0.2) is 0 Å². The van der Waals surface area contributed by atoms with Gasteiger partial charge in [-0.1, -0.05) is 6.92 Å². The zero-order chi connectivity index (χ0) is 13.6. The van der Waals surface area contributed by atoms with Crippen molar-refractivity contribution in [3.8, 4) is 0 Å². The third-order valence-corrected chi connectivity index (χ3v) is 3.99. The Morgan fingerprint density at radius 1 is 1.39 bits per heavy atom. The predicted octanol–water partition coefficient (Wildman–Crippen LogP) is 1.03. The third-order valence-electron chi connectivity index (χ3n) is 3.99. The number of likely N-dealkylation sites (N-methyl/N-ethyl adjacent to an activating group) is 1. The molecule has 1 saturated heterocycles. The summed E-state index contributed by atoms with van der Waals surface area (Å²) in [4.78, 5) is 4.71. The molecule has 2 unspecified atom stereocenters. The van der Waals surface area contributed by atoms with E-state index >= 15 is 0 Å². The highest BCUT2D eigenvalue weighted by Gasteiger charge is 2.31. The van der Waals surface area contributed by atoms with E-state index in [2.05, 4.69) is 50.0 Å². The molecule has 0 aliphatic carbocycles. The van der Waals surface area contributed by atoms with Crippen LogP contribution >= 0.6 is 0 Å². The van der Waals surface area contributed by atoms with Crippen molar-refractivity contribution in [3.05, 3.63) is 0 Å². The molecule has 0 aromatic heterocycles. The van der Waals surface area contributed by atoms with Crippen LogP contribution in [0.1, 0.15) is 27.2 Å². The molecular weight excluding hydrogens is 226 g/mol. The Balaban J connectivity index is 2.23. The molecule has 108 valence electrons. The summed E-state index contributed by atoms with van der Waals surface area (Å²) in [7, 11) is 4.16. The molecule has 1 heterocycles. The van der Waals surface area contributed by atoms with Crippen LogP contribution in [0.5, 0.6) is 0 Å². The Hall–Kier alpha value is -0.160. The van der Waals surface area contributed by atoms with E-state index in [4.69, 9.17) is 4.74 Å². The number of nitrogens with zero attached hydrogens (tertiary/aromatic N) is 2. The number of ether oxygens (including phenoxy) is 1. The molecule has 0 saturated carbocycles. The molecule has 1 aliphatic heterocycles. The van der Waals surface area contributed by atoms with Gasteiger partial charge in [0, 0.05) is 37.8 Å². The molecule has 0 radical (unpaired) electrons. The van der Waals surface area contributed by atoms with E-state index in [0.29, 0.717) is 6.04 Å². The van der Waals surface area contributed by atoms with Gasteiger partial charge in [0.05, 0.1) is 13.2 Å². The lowest BCUT2D eigenvalue weighted by Crippen LogP contribution is -2.62. The average molecular weight is 257 g/mol. The van der Waals surface area contributed by atoms with Crippen LogP contribution in [0.2, 0.25) is 0 Å². The number of hydrogen-bond donors (Lipinski definition) is 1. The minimum absolute atomic E-state index is 0.274. The molecule has 0 amide bonds. The van der Waals surface area contributed by atoms with Crippen LogP contribution in [0, 0.1) is 0 Å². The lowest BCUT2D eigenvalue weighted by molar-refractivity contribution is 0.0456. The van der Waals surface area contributed by atoms with Gasteiger partial charge in [-0.2, -0.15) is 0 Å². The Morgan fingerprint density at radius 3 is 2.72 bits per heavy atom. The van der Waals surface area contributed by atoms with Gasteiger partial charge in [-0.05, 0) is 34.4 Å². The highest BCUT2D eigenvalue weighted by Crippen LogP contribution is 2.18. The van der Waals surface area contributed by atoms with E-state index in [1.807, 2.05) is 0 Å². The quantitative estimate of drug-likeness (QED) is 0.689. The van der Waals surface area contributed by atoms with Gasteiger partial charge in [-0.25, -0.2) is 0 Å². The average Bonchev–Trinajstić information content (AvgIpc) is 2.33. The fourth-order valence-corrected chi connectivity index (χ4v) is 2.25. The van der Waals surface area contributed by atoms with E-state index in [1.54, 1.807) is 0 Å². The van der Waals surface area contributed by atoms with E-state index < -0.39 is 0 Å². The summed E-state index contributed by atoms with van der Waals surface area (Å²) in [5.41, 5.74) is 0.274. The second-order valence-electron chi connectivity index (χ2n) is 6.03. The summed E-state index contributed by atoms with van der Waals surface area (Å²) in [6.07, 6.45) is 1.18.